The zero-order valence-electron chi connectivity index (χ0n) is 11.8. The van der Waals surface area contributed by atoms with Gasteiger partial charge in [0, 0.05) is 23.4 Å². The fourth-order valence-corrected chi connectivity index (χ4v) is 2.87. The maximum absolute atomic E-state index is 9.42. The van der Waals surface area contributed by atoms with E-state index in [1.54, 1.807) is 12.5 Å². The van der Waals surface area contributed by atoms with Crippen LogP contribution < -0.4 is 0 Å². The number of fused-ring (bicyclic) bond motifs is 2. The number of nitrogens with zero attached hydrogens (tertiary/aromatic N) is 2. The van der Waals surface area contributed by atoms with Crippen LogP contribution >= 0.6 is 0 Å². The molecular formula is C19H12N2O. The molecule has 0 aliphatic heterocycles. The summed E-state index contributed by atoms with van der Waals surface area (Å²) in [6, 6.07) is 18.2. The minimum absolute atomic E-state index is 0.613. The van der Waals surface area contributed by atoms with E-state index in [0.717, 1.165) is 33.0 Å². The Balaban J connectivity index is 1.94. The molecule has 0 atom stereocenters. The zero-order chi connectivity index (χ0) is 14.9. The molecule has 0 radical (unpaired) electrons. The van der Waals surface area contributed by atoms with Crippen LogP contribution in [0.5, 0.6) is 0 Å². The average molecular weight is 284 g/mol. The van der Waals surface area contributed by atoms with Crippen molar-refractivity contribution in [3.8, 4) is 6.07 Å². The van der Waals surface area contributed by atoms with Crippen molar-refractivity contribution < 1.29 is 4.42 Å². The highest BCUT2D eigenvalue weighted by atomic mass is 16.3. The second-order valence-electron chi connectivity index (χ2n) is 5.21. The second kappa shape index (κ2) is 5.01. The Bertz CT molecular complexity index is 1020. The molecule has 22 heavy (non-hydrogen) atoms. The first kappa shape index (κ1) is 12.6. The summed E-state index contributed by atoms with van der Waals surface area (Å²) in [4.78, 5) is 4.36. The average Bonchev–Trinajstić information content (AvgIpc) is 3.05. The van der Waals surface area contributed by atoms with Gasteiger partial charge in [-0.1, -0.05) is 36.4 Å². The van der Waals surface area contributed by atoms with E-state index < -0.39 is 0 Å². The number of hydrogen-bond donors (Lipinski definition) is 0. The van der Waals surface area contributed by atoms with Gasteiger partial charge in [0.25, 0.3) is 0 Å². The first-order chi connectivity index (χ1) is 10.9. The fourth-order valence-electron chi connectivity index (χ4n) is 2.87. The van der Waals surface area contributed by atoms with E-state index in [2.05, 4.69) is 11.1 Å². The highest BCUT2D eigenvalue weighted by Gasteiger charge is 2.12. The van der Waals surface area contributed by atoms with Gasteiger partial charge in [-0.3, -0.25) is 4.98 Å². The normalized spacial score (nSPS) is 10.9. The summed E-state index contributed by atoms with van der Waals surface area (Å²) in [5.74, 6) is 0. The predicted octanol–water partition coefficient (Wildman–Crippen LogP) is 4.44. The Morgan fingerprint density at radius 3 is 2.86 bits per heavy atom. The first-order valence-corrected chi connectivity index (χ1v) is 7.08. The second-order valence-corrected chi connectivity index (χ2v) is 5.21. The Hall–Kier alpha value is -3.12. The molecule has 2 aromatic heterocycles. The molecule has 0 amide bonds. The number of furan rings is 1. The molecule has 0 bridgehead atoms. The van der Waals surface area contributed by atoms with Gasteiger partial charge < -0.3 is 4.42 Å². The Morgan fingerprint density at radius 2 is 1.95 bits per heavy atom. The Kier molecular flexibility index (Phi) is 2.87. The highest BCUT2D eigenvalue weighted by molar-refractivity contribution is 5.86. The maximum atomic E-state index is 9.42. The van der Waals surface area contributed by atoms with E-state index in [1.807, 2.05) is 48.5 Å². The lowest BCUT2D eigenvalue weighted by atomic mass is 9.96. The Labute approximate surface area is 127 Å². The number of nitriles is 1. The van der Waals surface area contributed by atoms with Crippen LogP contribution in [0.25, 0.3) is 21.9 Å². The van der Waals surface area contributed by atoms with Crippen molar-refractivity contribution in [3.63, 3.8) is 0 Å². The molecule has 0 spiro atoms. The van der Waals surface area contributed by atoms with Crippen LogP contribution in [0.2, 0.25) is 0 Å². The minimum atomic E-state index is 0.613. The van der Waals surface area contributed by atoms with Crippen LogP contribution in [0.3, 0.4) is 0 Å². The van der Waals surface area contributed by atoms with Gasteiger partial charge in [0.1, 0.15) is 11.7 Å². The highest BCUT2D eigenvalue weighted by Crippen LogP contribution is 2.27. The monoisotopic (exact) mass is 284 g/mol. The van der Waals surface area contributed by atoms with E-state index in [9.17, 15) is 5.26 Å². The third-order valence-corrected chi connectivity index (χ3v) is 3.94. The van der Waals surface area contributed by atoms with Gasteiger partial charge in [-0.15, -0.1) is 0 Å². The molecule has 0 saturated heterocycles. The third kappa shape index (κ3) is 1.94. The number of para-hydroxylation sites is 2. The maximum Gasteiger partial charge on any atom is 0.137 e. The van der Waals surface area contributed by atoms with Crippen LogP contribution in [0.15, 0.2) is 65.4 Å². The lowest BCUT2D eigenvalue weighted by Gasteiger charge is -2.09. The summed E-state index contributed by atoms with van der Waals surface area (Å²) < 4.78 is 5.61. The summed E-state index contributed by atoms with van der Waals surface area (Å²) in [5.41, 5.74) is 4.48. The van der Waals surface area contributed by atoms with Crippen LogP contribution in [-0.4, -0.2) is 4.98 Å². The van der Waals surface area contributed by atoms with E-state index in [0.29, 0.717) is 12.0 Å². The number of rotatable bonds is 2. The molecule has 0 fully saturated rings. The van der Waals surface area contributed by atoms with Gasteiger partial charge in [-0.2, -0.15) is 5.26 Å². The summed E-state index contributed by atoms with van der Waals surface area (Å²) in [7, 11) is 0. The van der Waals surface area contributed by atoms with Crippen molar-refractivity contribution in [2.75, 3.05) is 0 Å². The van der Waals surface area contributed by atoms with Gasteiger partial charge in [-0.25, -0.2) is 0 Å². The topological polar surface area (TPSA) is 49.8 Å². The van der Waals surface area contributed by atoms with Gasteiger partial charge in [0.2, 0.25) is 0 Å². The lowest BCUT2D eigenvalue weighted by molar-refractivity contribution is 0.612. The molecule has 4 aromatic rings. The third-order valence-electron chi connectivity index (χ3n) is 3.94. The molecule has 0 aliphatic carbocycles. The summed E-state index contributed by atoms with van der Waals surface area (Å²) in [6.07, 6.45) is 4.00. The fraction of sp³-hybridized carbons (Fsp3) is 0.0526. The zero-order valence-corrected chi connectivity index (χ0v) is 11.8. The first-order valence-electron chi connectivity index (χ1n) is 7.08. The molecule has 2 heterocycles. The van der Waals surface area contributed by atoms with Crippen LogP contribution in [-0.2, 0) is 6.42 Å². The van der Waals surface area contributed by atoms with Crippen molar-refractivity contribution in [1.82, 2.24) is 4.98 Å². The van der Waals surface area contributed by atoms with Gasteiger partial charge in [0.15, 0.2) is 0 Å². The van der Waals surface area contributed by atoms with Crippen molar-refractivity contribution >= 4 is 21.9 Å². The van der Waals surface area contributed by atoms with Crippen molar-refractivity contribution in [2.24, 2.45) is 0 Å². The molecule has 0 N–H and O–H groups in total. The number of benzene rings is 2. The molecular weight excluding hydrogens is 272 g/mol. The molecule has 3 nitrogen and oxygen atoms in total. The number of pyridine rings is 1. The van der Waals surface area contributed by atoms with Crippen molar-refractivity contribution in [2.45, 2.75) is 6.42 Å². The van der Waals surface area contributed by atoms with Crippen LogP contribution in [0, 0.1) is 11.3 Å². The van der Waals surface area contributed by atoms with Gasteiger partial charge in [0.05, 0.1) is 17.3 Å². The molecule has 0 aliphatic rings. The molecule has 0 unspecified atom stereocenters. The van der Waals surface area contributed by atoms with Gasteiger partial charge >= 0.3 is 0 Å². The van der Waals surface area contributed by atoms with E-state index in [4.69, 9.17) is 4.42 Å². The molecule has 3 heteroatoms. The number of hydrogen-bond acceptors (Lipinski definition) is 3. The van der Waals surface area contributed by atoms with Crippen LogP contribution in [0.1, 0.15) is 16.7 Å². The van der Waals surface area contributed by atoms with Crippen molar-refractivity contribution in [1.29, 1.82) is 5.26 Å². The van der Waals surface area contributed by atoms with Crippen molar-refractivity contribution in [3.05, 3.63) is 77.7 Å². The number of aromatic nitrogens is 1. The Morgan fingerprint density at radius 1 is 1.05 bits per heavy atom. The minimum Gasteiger partial charge on any atom is -0.464 e. The molecule has 2 aromatic carbocycles. The molecule has 4 rings (SSSR count). The summed E-state index contributed by atoms with van der Waals surface area (Å²) >= 11 is 0. The van der Waals surface area contributed by atoms with Gasteiger partial charge in [-0.05, 0) is 23.3 Å². The molecule has 104 valence electrons. The SMILES string of the molecule is N#Cc1cnc2ccccc2c1Cc1cccc2ccoc12. The smallest absolute Gasteiger partial charge is 0.137 e. The molecule has 0 saturated carbocycles. The van der Waals surface area contributed by atoms with E-state index in [-0.39, 0.29) is 0 Å². The lowest BCUT2D eigenvalue weighted by Crippen LogP contribution is -1.96. The standard InChI is InChI=1S/C19H12N2O/c20-11-15-12-21-18-7-2-1-6-16(18)17(15)10-14-5-3-4-13-8-9-22-19(13)14/h1-9,12H,10H2. The quantitative estimate of drug-likeness (QED) is 0.546. The summed E-state index contributed by atoms with van der Waals surface area (Å²) in [6.45, 7) is 0. The largest absolute Gasteiger partial charge is 0.464 e. The van der Waals surface area contributed by atoms with E-state index >= 15 is 0 Å². The van der Waals surface area contributed by atoms with Crippen LogP contribution in [0.4, 0.5) is 0 Å². The van der Waals surface area contributed by atoms with E-state index in [1.165, 1.54) is 0 Å². The summed E-state index contributed by atoms with van der Waals surface area (Å²) in [5, 5.41) is 11.5. The predicted molar refractivity (Wildman–Crippen MR) is 85.5 cm³/mol.